The Hall–Kier alpha value is -1.70. The Morgan fingerprint density at radius 1 is 1.36 bits per heavy atom. The maximum Gasteiger partial charge on any atom is 0.240 e. The first-order valence-electron chi connectivity index (χ1n) is 9.08. The van der Waals surface area contributed by atoms with E-state index in [0.717, 1.165) is 0 Å². The number of rotatable bonds is 8. The summed E-state index contributed by atoms with van der Waals surface area (Å²) >= 11 is 12.0. The van der Waals surface area contributed by atoms with Gasteiger partial charge in [0, 0.05) is 19.1 Å². The molecular weight excluding hydrogens is 403 g/mol. The zero-order chi connectivity index (χ0) is 21.3. The van der Waals surface area contributed by atoms with E-state index in [1.807, 2.05) is 27.7 Å². The number of nitrogens with zero attached hydrogens (tertiary/aromatic N) is 2. The Kier molecular flexibility index (Phi) is 9.85. The lowest BCUT2D eigenvalue weighted by Gasteiger charge is -2.25. The first-order valence-corrected chi connectivity index (χ1v) is 9.84. The monoisotopic (exact) mass is 432 g/mol. The molecule has 7 nitrogen and oxygen atoms in total. The molecule has 1 aromatic carbocycles. The predicted molar refractivity (Wildman–Crippen MR) is 114 cm³/mol. The van der Waals surface area contributed by atoms with E-state index in [9.17, 15) is 9.90 Å². The van der Waals surface area contributed by atoms with Crippen LogP contribution in [0.5, 0.6) is 5.75 Å². The summed E-state index contributed by atoms with van der Waals surface area (Å²) in [5.41, 5.74) is -0.303. The van der Waals surface area contributed by atoms with Crippen molar-refractivity contribution in [2.75, 3.05) is 33.3 Å². The largest absolute Gasteiger partial charge is 0.489 e. The highest BCUT2D eigenvalue weighted by molar-refractivity contribution is 6.42. The summed E-state index contributed by atoms with van der Waals surface area (Å²) in [5.74, 6) is 0.812. The quantitative estimate of drug-likeness (QED) is 0.434. The molecule has 0 heterocycles. The van der Waals surface area contributed by atoms with Gasteiger partial charge < -0.3 is 25.4 Å². The van der Waals surface area contributed by atoms with Gasteiger partial charge in [0.05, 0.1) is 18.1 Å². The summed E-state index contributed by atoms with van der Waals surface area (Å²) in [6, 6.07) is 5.05. The van der Waals surface area contributed by atoms with Crippen LogP contribution in [0.2, 0.25) is 10.0 Å². The molecule has 1 amide bonds. The van der Waals surface area contributed by atoms with Crippen LogP contribution in [0.1, 0.15) is 27.7 Å². The molecule has 1 aromatic rings. The fraction of sp³-hybridized carbons (Fsp3) is 0.579. The molecule has 0 aromatic heterocycles. The second-order valence-electron chi connectivity index (χ2n) is 7.37. The third-order valence-corrected chi connectivity index (χ3v) is 4.19. The molecule has 0 spiro atoms. The summed E-state index contributed by atoms with van der Waals surface area (Å²) in [6.07, 6.45) is -0.847. The number of benzene rings is 1. The number of amides is 1. The van der Waals surface area contributed by atoms with E-state index in [1.54, 1.807) is 30.1 Å². The molecule has 0 bridgehead atoms. The smallest absolute Gasteiger partial charge is 0.240 e. The SMILES string of the molecule is CCNC(=NCC(O)COc1cccc(Cl)c1Cl)N(C)CC(=O)NC(C)(C)C. The fourth-order valence-corrected chi connectivity index (χ4v) is 2.59. The van der Waals surface area contributed by atoms with Crippen molar-refractivity contribution in [3.8, 4) is 5.75 Å². The van der Waals surface area contributed by atoms with Crippen LogP contribution in [0, 0.1) is 0 Å². The maximum atomic E-state index is 12.1. The minimum atomic E-state index is -0.847. The summed E-state index contributed by atoms with van der Waals surface area (Å²) in [7, 11) is 1.76. The van der Waals surface area contributed by atoms with E-state index in [1.165, 1.54) is 0 Å². The number of carbonyl (C=O) groups is 1. The predicted octanol–water partition coefficient (Wildman–Crippen LogP) is 2.55. The lowest BCUT2D eigenvalue weighted by Crippen LogP contribution is -2.49. The topological polar surface area (TPSA) is 86.2 Å². The Morgan fingerprint density at radius 2 is 2.04 bits per heavy atom. The van der Waals surface area contributed by atoms with Crippen LogP contribution in [0.3, 0.4) is 0 Å². The van der Waals surface area contributed by atoms with E-state index in [2.05, 4.69) is 15.6 Å². The average Bonchev–Trinajstić information content (AvgIpc) is 2.58. The number of nitrogens with one attached hydrogen (secondary N) is 2. The zero-order valence-electron chi connectivity index (χ0n) is 17.1. The summed E-state index contributed by atoms with van der Waals surface area (Å²) in [6.45, 7) is 8.59. The van der Waals surface area contributed by atoms with Gasteiger partial charge in [-0.05, 0) is 39.8 Å². The molecular formula is C19H30Cl2N4O3. The number of likely N-dealkylation sites (N-methyl/N-ethyl adjacent to an activating group) is 1. The molecule has 0 aliphatic carbocycles. The van der Waals surface area contributed by atoms with E-state index < -0.39 is 6.10 Å². The van der Waals surface area contributed by atoms with Gasteiger partial charge in [-0.3, -0.25) is 9.79 Å². The van der Waals surface area contributed by atoms with Gasteiger partial charge in [0.15, 0.2) is 5.96 Å². The second-order valence-corrected chi connectivity index (χ2v) is 8.15. The minimum absolute atomic E-state index is 0.0111. The molecule has 0 aliphatic heterocycles. The molecule has 1 unspecified atom stereocenters. The molecule has 1 atom stereocenters. The summed E-state index contributed by atoms with van der Waals surface area (Å²) in [4.78, 5) is 18.2. The molecule has 158 valence electrons. The van der Waals surface area contributed by atoms with Gasteiger partial charge in [0.1, 0.15) is 23.5 Å². The van der Waals surface area contributed by atoms with Gasteiger partial charge in [-0.25, -0.2) is 0 Å². The van der Waals surface area contributed by atoms with Crippen molar-refractivity contribution in [2.45, 2.75) is 39.3 Å². The van der Waals surface area contributed by atoms with Crippen LogP contribution < -0.4 is 15.4 Å². The number of halogens is 2. The van der Waals surface area contributed by atoms with Gasteiger partial charge in [-0.1, -0.05) is 29.3 Å². The highest BCUT2D eigenvalue weighted by atomic mass is 35.5. The Labute approximate surface area is 177 Å². The molecule has 9 heteroatoms. The molecule has 3 N–H and O–H groups in total. The third kappa shape index (κ3) is 8.99. The van der Waals surface area contributed by atoms with Crippen LogP contribution >= 0.6 is 23.2 Å². The average molecular weight is 433 g/mol. The molecule has 0 fully saturated rings. The molecule has 0 saturated heterocycles. The Morgan fingerprint density at radius 3 is 2.64 bits per heavy atom. The zero-order valence-corrected chi connectivity index (χ0v) is 18.6. The molecule has 0 aliphatic rings. The van der Waals surface area contributed by atoms with Crippen molar-refractivity contribution in [1.29, 1.82) is 0 Å². The number of aliphatic hydroxyl groups is 1. The number of carbonyl (C=O) groups excluding carboxylic acids is 1. The van der Waals surface area contributed by atoms with Crippen molar-refractivity contribution in [3.05, 3.63) is 28.2 Å². The lowest BCUT2D eigenvalue weighted by atomic mass is 10.1. The van der Waals surface area contributed by atoms with E-state index in [-0.39, 0.29) is 31.1 Å². The molecule has 0 radical (unpaired) electrons. The second kappa shape index (κ2) is 11.3. The molecule has 0 saturated carbocycles. The van der Waals surface area contributed by atoms with Gasteiger partial charge in [-0.15, -0.1) is 0 Å². The van der Waals surface area contributed by atoms with E-state index >= 15 is 0 Å². The van der Waals surface area contributed by atoms with Crippen LogP contribution in [0.25, 0.3) is 0 Å². The van der Waals surface area contributed by atoms with Crippen LogP contribution in [0.15, 0.2) is 23.2 Å². The van der Waals surface area contributed by atoms with Gasteiger partial charge >= 0.3 is 0 Å². The van der Waals surface area contributed by atoms with E-state index in [0.29, 0.717) is 28.3 Å². The number of aliphatic hydroxyl groups excluding tert-OH is 1. The van der Waals surface area contributed by atoms with Crippen molar-refractivity contribution in [3.63, 3.8) is 0 Å². The Bertz CT molecular complexity index is 678. The van der Waals surface area contributed by atoms with Crippen molar-refractivity contribution < 1.29 is 14.6 Å². The number of aliphatic imine (C=N–C) groups is 1. The van der Waals surface area contributed by atoms with Gasteiger partial charge in [0.2, 0.25) is 5.91 Å². The highest BCUT2D eigenvalue weighted by Crippen LogP contribution is 2.31. The number of guanidine groups is 1. The number of ether oxygens (including phenoxy) is 1. The van der Waals surface area contributed by atoms with Crippen LogP contribution in [-0.2, 0) is 4.79 Å². The van der Waals surface area contributed by atoms with Gasteiger partial charge in [-0.2, -0.15) is 0 Å². The number of hydrogen-bond donors (Lipinski definition) is 3. The molecule has 28 heavy (non-hydrogen) atoms. The first-order chi connectivity index (χ1) is 13.0. The molecule has 1 rings (SSSR count). The highest BCUT2D eigenvalue weighted by Gasteiger charge is 2.17. The number of hydrogen-bond acceptors (Lipinski definition) is 4. The standard InChI is InChI=1S/C19H30Cl2N4O3/c1-6-22-18(25(5)11-16(27)24-19(2,3)4)23-10-13(26)12-28-15-9-7-8-14(20)17(15)21/h7-9,13,26H,6,10-12H2,1-5H3,(H,22,23)(H,24,27). The maximum absolute atomic E-state index is 12.1. The van der Waals surface area contributed by atoms with Crippen LogP contribution in [0.4, 0.5) is 0 Å². The van der Waals surface area contributed by atoms with Crippen molar-refractivity contribution in [1.82, 2.24) is 15.5 Å². The summed E-state index contributed by atoms with van der Waals surface area (Å²) < 4.78 is 5.52. The normalized spacial score (nSPS) is 13.1. The first kappa shape index (κ1) is 24.3. The van der Waals surface area contributed by atoms with E-state index in [4.69, 9.17) is 27.9 Å². The van der Waals surface area contributed by atoms with Crippen molar-refractivity contribution in [2.24, 2.45) is 4.99 Å². The Balaban J connectivity index is 2.62. The summed E-state index contributed by atoms with van der Waals surface area (Å²) in [5, 5.41) is 16.9. The minimum Gasteiger partial charge on any atom is -0.489 e. The fourth-order valence-electron chi connectivity index (χ4n) is 2.24. The van der Waals surface area contributed by atoms with Gasteiger partial charge in [0.25, 0.3) is 0 Å². The van der Waals surface area contributed by atoms with Crippen molar-refractivity contribution >= 4 is 35.1 Å². The lowest BCUT2D eigenvalue weighted by molar-refractivity contribution is -0.122. The third-order valence-electron chi connectivity index (χ3n) is 3.39. The van der Waals surface area contributed by atoms with Crippen LogP contribution in [-0.4, -0.2) is 66.8 Å².